The van der Waals surface area contributed by atoms with Crippen LogP contribution in [0.1, 0.15) is 31.1 Å². The number of hydrogen-bond acceptors (Lipinski definition) is 9. The van der Waals surface area contributed by atoms with Gasteiger partial charge in [0.15, 0.2) is 18.3 Å². The van der Waals surface area contributed by atoms with Crippen LogP contribution in [0.15, 0.2) is 91.0 Å². The Hall–Kier alpha value is -4.05. The molecule has 3 aromatic rings. The SMILES string of the molecule is O=C(O[C@H]1[C@@H](O)[C@H](O)[C@@H](OC(=O)c2ccccc2)[C@H](OC(=O)c2ccccc2)[C@H]1O)c1ccccc1. The van der Waals surface area contributed by atoms with Crippen molar-refractivity contribution in [2.24, 2.45) is 0 Å². The predicted octanol–water partition coefficient (Wildman–Crippen LogP) is 1.76. The van der Waals surface area contributed by atoms with Crippen molar-refractivity contribution in [2.45, 2.75) is 36.6 Å². The maximum absolute atomic E-state index is 12.8. The van der Waals surface area contributed by atoms with Crippen molar-refractivity contribution in [2.75, 3.05) is 0 Å². The Morgan fingerprint density at radius 1 is 0.444 bits per heavy atom. The predicted molar refractivity (Wildman–Crippen MR) is 125 cm³/mol. The van der Waals surface area contributed by atoms with Crippen molar-refractivity contribution in [1.29, 1.82) is 0 Å². The van der Waals surface area contributed by atoms with Crippen LogP contribution >= 0.6 is 0 Å². The van der Waals surface area contributed by atoms with Gasteiger partial charge in [-0.15, -0.1) is 0 Å². The second kappa shape index (κ2) is 11.1. The molecule has 0 radical (unpaired) electrons. The van der Waals surface area contributed by atoms with Gasteiger partial charge < -0.3 is 29.5 Å². The van der Waals surface area contributed by atoms with Crippen molar-refractivity contribution >= 4 is 17.9 Å². The topological polar surface area (TPSA) is 140 Å². The maximum atomic E-state index is 12.8. The van der Waals surface area contributed by atoms with Gasteiger partial charge in [0.1, 0.15) is 18.3 Å². The first-order valence-electron chi connectivity index (χ1n) is 11.2. The first kappa shape index (κ1) is 25.1. The van der Waals surface area contributed by atoms with Gasteiger partial charge in [-0.25, -0.2) is 14.4 Å². The van der Waals surface area contributed by atoms with Gasteiger partial charge in [0.25, 0.3) is 0 Å². The number of hydrogen-bond donors (Lipinski definition) is 3. The molecule has 0 aromatic heterocycles. The lowest BCUT2D eigenvalue weighted by atomic mass is 9.84. The van der Waals surface area contributed by atoms with Gasteiger partial charge in [0.2, 0.25) is 0 Å². The first-order chi connectivity index (χ1) is 17.4. The number of benzene rings is 3. The van der Waals surface area contributed by atoms with E-state index in [9.17, 15) is 29.7 Å². The van der Waals surface area contributed by atoms with Crippen LogP contribution in [0.2, 0.25) is 0 Å². The van der Waals surface area contributed by atoms with Gasteiger partial charge in [0.05, 0.1) is 16.7 Å². The van der Waals surface area contributed by atoms with Crippen molar-refractivity contribution < 1.29 is 43.9 Å². The maximum Gasteiger partial charge on any atom is 0.338 e. The average Bonchev–Trinajstić information content (AvgIpc) is 2.92. The Labute approximate surface area is 206 Å². The van der Waals surface area contributed by atoms with E-state index >= 15 is 0 Å². The van der Waals surface area contributed by atoms with E-state index in [0.29, 0.717) is 0 Å². The number of ether oxygens (including phenoxy) is 3. The van der Waals surface area contributed by atoms with Crippen molar-refractivity contribution in [3.63, 3.8) is 0 Å². The van der Waals surface area contributed by atoms with Gasteiger partial charge in [-0.05, 0) is 36.4 Å². The minimum atomic E-state index is -1.86. The molecular formula is C27H24O9. The molecule has 0 aliphatic heterocycles. The van der Waals surface area contributed by atoms with Crippen LogP contribution in [0.5, 0.6) is 0 Å². The standard InChI is InChI=1S/C27H24O9/c28-19-20(29)23(35-26(32)17-12-6-2-7-13-17)24(36-27(33)18-14-8-3-9-15-18)21(30)22(19)34-25(31)16-10-4-1-5-11-16/h1-15,19-24,28-30H/t19-,20-,21-,22-,23+,24+/m0/s1. The normalized spacial score (nSPS) is 25.4. The minimum absolute atomic E-state index is 0.135. The van der Waals surface area contributed by atoms with E-state index < -0.39 is 54.5 Å². The van der Waals surface area contributed by atoms with Gasteiger partial charge in [-0.1, -0.05) is 54.6 Å². The molecule has 3 N–H and O–H groups in total. The molecule has 6 atom stereocenters. The molecule has 9 nitrogen and oxygen atoms in total. The zero-order valence-electron chi connectivity index (χ0n) is 18.9. The second-order valence-electron chi connectivity index (χ2n) is 8.18. The fraction of sp³-hybridized carbons (Fsp3) is 0.222. The van der Waals surface area contributed by atoms with Crippen LogP contribution in [0.3, 0.4) is 0 Å². The fourth-order valence-electron chi connectivity index (χ4n) is 3.88. The monoisotopic (exact) mass is 492 g/mol. The number of rotatable bonds is 6. The Morgan fingerprint density at radius 2 is 0.722 bits per heavy atom. The van der Waals surface area contributed by atoms with Crippen LogP contribution in [-0.4, -0.2) is 69.9 Å². The van der Waals surface area contributed by atoms with Crippen LogP contribution in [0, 0.1) is 0 Å². The third kappa shape index (κ3) is 5.44. The smallest absolute Gasteiger partial charge is 0.338 e. The molecule has 0 saturated heterocycles. The highest BCUT2D eigenvalue weighted by molar-refractivity contribution is 5.91. The van der Waals surface area contributed by atoms with Gasteiger partial charge >= 0.3 is 17.9 Å². The van der Waals surface area contributed by atoms with Gasteiger partial charge in [-0.3, -0.25) is 0 Å². The molecule has 1 aliphatic rings. The summed E-state index contributed by atoms with van der Waals surface area (Å²) in [5.74, 6) is -2.63. The average molecular weight is 492 g/mol. The fourth-order valence-corrected chi connectivity index (χ4v) is 3.88. The lowest BCUT2D eigenvalue weighted by Gasteiger charge is -2.43. The lowest BCUT2D eigenvalue weighted by molar-refractivity contribution is -0.223. The summed E-state index contributed by atoms with van der Waals surface area (Å²) in [4.78, 5) is 38.1. The summed E-state index contributed by atoms with van der Waals surface area (Å²) in [6, 6.07) is 23.5. The molecule has 3 aromatic carbocycles. The molecule has 0 unspecified atom stereocenters. The molecule has 0 heterocycles. The summed E-state index contributed by atoms with van der Waals surface area (Å²) in [6.07, 6.45) is -10.6. The van der Waals surface area contributed by atoms with Crippen LogP contribution in [0.4, 0.5) is 0 Å². The van der Waals surface area contributed by atoms with E-state index in [1.54, 1.807) is 54.6 Å². The quantitative estimate of drug-likeness (QED) is 0.347. The van der Waals surface area contributed by atoms with Crippen LogP contribution in [-0.2, 0) is 14.2 Å². The largest absolute Gasteiger partial charge is 0.453 e. The summed E-state index contributed by atoms with van der Waals surface area (Å²) in [5.41, 5.74) is 0.414. The molecule has 0 spiro atoms. The van der Waals surface area contributed by atoms with Crippen molar-refractivity contribution in [3.8, 4) is 0 Å². The molecular weight excluding hydrogens is 468 g/mol. The molecule has 0 amide bonds. The number of carbonyl (C=O) groups excluding carboxylic acids is 3. The number of aliphatic hydroxyl groups is 3. The van der Waals surface area contributed by atoms with Gasteiger partial charge in [-0.2, -0.15) is 0 Å². The highest BCUT2D eigenvalue weighted by Crippen LogP contribution is 2.30. The van der Waals surface area contributed by atoms with E-state index in [-0.39, 0.29) is 16.7 Å². The Bertz CT molecular complexity index is 1180. The van der Waals surface area contributed by atoms with Crippen LogP contribution < -0.4 is 0 Å². The highest BCUT2D eigenvalue weighted by Gasteiger charge is 2.55. The molecule has 36 heavy (non-hydrogen) atoms. The highest BCUT2D eigenvalue weighted by atomic mass is 16.6. The van der Waals surface area contributed by atoms with E-state index in [1.165, 1.54) is 36.4 Å². The lowest BCUT2D eigenvalue weighted by Crippen LogP contribution is -2.66. The zero-order chi connectivity index (χ0) is 25.7. The number of carbonyl (C=O) groups is 3. The number of esters is 3. The van der Waals surface area contributed by atoms with E-state index in [1.807, 2.05) is 0 Å². The van der Waals surface area contributed by atoms with Gasteiger partial charge in [0, 0.05) is 0 Å². The Morgan fingerprint density at radius 3 is 1.08 bits per heavy atom. The number of aliphatic hydroxyl groups excluding tert-OH is 3. The zero-order valence-corrected chi connectivity index (χ0v) is 18.9. The molecule has 4 rings (SSSR count). The summed E-state index contributed by atoms with van der Waals surface area (Å²) >= 11 is 0. The summed E-state index contributed by atoms with van der Waals surface area (Å²) < 4.78 is 16.1. The molecule has 1 saturated carbocycles. The van der Waals surface area contributed by atoms with Crippen molar-refractivity contribution in [3.05, 3.63) is 108 Å². The van der Waals surface area contributed by atoms with E-state index in [0.717, 1.165) is 0 Å². The molecule has 1 aliphatic carbocycles. The summed E-state index contributed by atoms with van der Waals surface area (Å²) in [6.45, 7) is 0. The molecule has 9 heteroatoms. The molecule has 186 valence electrons. The van der Waals surface area contributed by atoms with Crippen LogP contribution in [0.25, 0.3) is 0 Å². The Kier molecular flexibility index (Phi) is 7.74. The Balaban J connectivity index is 1.61. The molecule has 0 bridgehead atoms. The van der Waals surface area contributed by atoms with E-state index in [4.69, 9.17) is 14.2 Å². The summed E-state index contributed by atoms with van der Waals surface area (Å²) in [7, 11) is 0. The molecule has 1 fully saturated rings. The second-order valence-corrected chi connectivity index (χ2v) is 8.18. The van der Waals surface area contributed by atoms with Crippen molar-refractivity contribution in [1.82, 2.24) is 0 Å². The third-order valence-corrected chi connectivity index (χ3v) is 5.78. The summed E-state index contributed by atoms with van der Waals surface area (Å²) in [5, 5.41) is 32.6. The first-order valence-corrected chi connectivity index (χ1v) is 11.2. The van der Waals surface area contributed by atoms with E-state index in [2.05, 4.69) is 0 Å². The minimum Gasteiger partial charge on any atom is -0.453 e. The third-order valence-electron chi connectivity index (χ3n) is 5.78.